The fourth-order valence-corrected chi connectivity index (χ4v) is 3.60. The molecule has 0 spiro atoms. The van der Waals surface area contributed by atoms with Crippen LogP contribution in [0.25, 0.3) is 0 Å². The molecule has 1 unspecified atom stereocenters. The lowest BCUT2D eigenvalue weighted by Gasteiger charge is -2.24. The van der Waals surface area contributed by atoms with Crippen LogP contribution in [0.5, 0.6) is 0 Å². The van der Waals surface area contributed by atoms with E-state index in [-0.39, 0.29) is 5.91 Å². The van der Waals surface area contributed by atoms with E-state index in [0.29, 0.717) is 23.0 Å². The van der Waals surface area contributed by atoms with Gasteiger partial charge in [-0.2, -0.15) is 0 Å². The highest BCUT2D eigenvalue weighted by atomic mass is 32.2. The molecule has 1 aliphatic rings. The summed E-state index contributed by atoms with van der Waals surface area (Å²) >= 11 is 1.82. The van der Waals surface area contributed by atoms with Crippen molar-refractivity contribution in [1.29, 1.82) is 0 Å². The lowest BCUT2D eigenvalue weighted by atomic mass is 9.95. The van der Waals surface area contributed by atoms with E-state index >= 15 is 0 Å². The molecule has 0 aromatic rings. The van der Waals surface area contributed by atoms with E-state index in [9.17, 15) is 4.79 Å². The van der Waals surface area contributed by atoms with E-state index in [1.807, 2.05) is 11.8 Å². The van der Waals surface area contributed by atoms with Gasteiger partial charge in [-0.25, -0.2) is 0 Å². The van der Waals surface area contributed by atoms with Gasteiger partial charge < -0.3 is 10.6 Å². The zero-order valence-electron chi connectivity index (χ0n) is 12.0. The van der Waals surface area contributed by atoms with Crippen LogP contribution >= 0.6 is 11.8 Å². The van der Waals surface area contributed by atoms with E-state index in [0.717, 1.165) is 25.9 Å². The first-order chi connectivity index (χ1) is 8.67. The van der Waals surface area contributed by atoms with Gasteiger partial charge in [-0.3, -0.25) is 4.79 Å². The summed E-state index contributed by atoms with van der Waals surface area (Å²) in [5, 5.41) is 7.16. The van der Waals surface area contributed by atoms with Crippen LogP contribution in [0.15, 0.2) is 0 Å². The monoisotopic (exact) mass is 272 g/mol. The van der Waals surface area contributed by atoms with Crippen molar-refractivity contribution in [3.05, 3.63) is 0 Å². The van der Waals surface area contributed by atoms with Crippen molar-refractivity contribution in [2.45, 2.75) is 57.7 Å². The Hall–Kier alpha value is -0.220. The first kappa shape index (κ1) is 15.8. The third kappa shape index (κ3) is 5.61. The van der Waals surface area contributed by atoms with Crippen molar-refractivity contribution in [1.82, 2.24) is 10.6 Å². The maximum atomic E-state index is 11.9. The van der Waals surface area contributed by atoms with Gasteiger partial charge in [0.05, 0.1) is 5.75 Å². The molecule has 1 amide bonds. The van der Waals surface area contributed by atoms with Crippen LogP contribution in [0.2, 0.25) is 0 Å². The van der Waals surface area contributed by atoms with Gasteiger partial charge in [-0.05, 0) is 38.8 Å². The molecule has 2 N–H and O–H groups in total. The molecule has 1 aliphatic heterocycles. The molecular weight excluding hydrogens is 244 g/mol. The number of thioether (sulfide) groups is 1. The van der Waals surface area contributed by atoms with Crippen molar-refractivity contribution in [3.63, 3.8) is 0 Å². The predicted molar refractivity (Wildman–Crippen MR) is 80.0 cm³/mol. The average molecular weight is 272 g/mol. The van der Waals surface area contributed by atoms with E-state index < -0.39 is 0 Å². The number of carbonyl (C=O) groups excluding carboxylic acids is 1. The van der Waals surface area contributed by atoms with Gasteiger partial charge in [0.25, 0.3) is 0 Å². The van der Waals surface area contributed by atoms with Crippen LogP contribution in [-0.4, -0.2) is 36.0 Å². The summed E-state index contributed by atoms with van der Waals surface area (Å²) in [6.45, 7) is 8.72. The molecule has 0 saturated carbocycles. The van der Waals surface area contributed by atoms with Crippen LogP contribution in [0.4, 0.5) is 0 Å². The minimum atomic E-state index is 0.206. The molecule has 0 aromatic heterocycles. The lowest BCUT2D eigenvalue weighted by molar-refractivity contribution is -0.119. The average Bonchev–Trinajstić information content (AvgIpc) is 2.39. The second-order valence-electron chi connectivity index (χ2n) is 5.19. The molecular formula is C14H28N2OS. The number of piperidine rings is 1. The third-order valence-electron chi connectivity index (χ3n) is 3.88. The molecule has 1 fully saturated rings. The standard InChI is InChI=1S/C14H28N2OS/c1-4-12(5-2)11(3)16-14(17)10-18-13-6-8-15-9-7-13/h11-13,15H,4-10H2,1-3H3,(H,16,17). The molecule has 3 nitrogen and oxygen atoms in total. The van der Waals surface area contributed by atoms with E-state index in [1.54, 1.807) is 0 Å². The molecule has 1 atom stereocenters. The van der Waals surface area contributed by atoms with Crippen molar-refractivity contribution in [2.24, 2.45) is 5.92 Å². The summed E-state index contributed by atoms with van der Waals surface area (Å²) in [5.74, 6) is 1.44. The number of rotatable bonds is 7. The molecule has 0 radical (unpaired) electrons. The van der Waals surface area contributed by atoms with Crippen molar-refractivity contribution in [3.8, 4) is 0 Å². The second-order valence-corrected chi connectivity index (χ2v) is 6.48. The zero-order valence-corrected chi connectivity index (χ0v) is 12.8. The molecule has 1 saturated heterocycles. The SMILES string of the molecule is CCC(CC)C(C)NC(=O)CSC1CCNCC1. The van der Waals surface area contributed by atoms with Crippen LogP contribution in [0.3, 0.4) is 0 Å². The fourth-order valence-electron chi connectivity index (χ4n) is 2.56. The van der Waals surface area contributed by atoms with Crippen molar-refractivity contribution in [2.75, 3.05) is 18.8 Å². The number of hydrogen-bond acceptors (Lipinski definition) is 3. The van der Waals surface area contributed by atoms with Crippen molar-refractivity contribution < 1.29 is 4.79 Å². The third-order valence-corrected chi connectivity index (χ3v) is 5.25. The maximum Gasteiger partial charge on any atom is 0.230 e. The molecule has 106 valence electrons. The van der Waals surface area contributed by atoms with E-state index in [4.69, 9.17) is 0 Å². The quantitative estimate of drug-likeness (QED) is 0.748. The first-order valence-electron chi connectivity index (χ1n) is 7.29. The van der Waals surface area contributed by atoms with Gasteiger partial charge in [0.1, 0.15) is 0 Å². The summed E-state index contributed by atoms with van der Waals surface area (Å²) in [7, 11) is 0. The zero-order chi connectivity index (χ0) is 13.4. The fraction of sp³-hybridized carbons (Fsp3) is 0.929. The van der Waals surface area contributed by atoms with E-state index in [1.165, 1.54) is 12.8 Å². The van der Waals surface area contributed by atoms with Gasteiger partial charge >= 0.3 is 0 Å². The predicted octanol–water partition coefficient (Wildman–Crippen LogP) is 2.41. The minimum Gasteiger partial charge on any atom is -0.353 e. The normalized spacial score (nSPS) is 18.9. The highest BCUT2D eigenvalue weighted by Crippen LogP contribution is 2.20. The van der Waals surface area contributed by atoms with Crippen molar-refractivity contribution >= 4 is 17.7 Å². The number of carbonyl (C=O) groups is 1. The topological polar surface area (TPSA) is 41.1 Å². The molecule has 1 heterocycles. The Balaban J connectivity index is 2.19. The van der Waals surface area contributed by atoms with Crippen LogP contribution in [-0.2, 0) is 4.79 Å². The van der Waals surface area contributed by atoms with Gasteiger partial charge in [0, 0.05) is 11.3 Å². The summed E-state index contributed by atoms with van der Waals surface area (Å²) in [5.41, 5.74) is 0. The lowest BCUT2D eigenvalue weighted by Crippen LogP contribution is -2.39. The summed E-state index contributed by atoms with van der Waals surface area (Å²) in [6, 6.07) is 0.307. The largest absolute Gasteiger partial charge is 0.353 e. The Labute approximate surface area is 116 Å². The highest BCUT2D eigenvalue weighted by Gasteiger charge is 2.18. The maximum absolute atomic E-state index is 11.9. The summed E-state index contributed by atoms with van der Waals surface area (Å²) in [6.07, 6.45) is 4.67. The van der Waals surface area contributed by atoms with E-state index in [2.05, 4.69) is 31.4 Å². The van der Waals surface area contributed by atoms with Gasteiger partial charge in [-0.15, -0.1) is 11.8 Å². The molecule has 4 heteroatoms. The van der Waals surface area contributed by atoms with Gasteiger partial charge in [0.15, 0.2) is 0 Å². The first-order valence-corrected chi connectivity index (χ1v) is 8.33. The van der Waals surface area contributed by atoms with Gasteiger partial charge in [-0.1, -0.05) is 26.7 Å². The summed E-state index contributed by atoms with van der Waals surface area (Å²) in [4.78, 5) is 11.9. The Morgan fingerprint density at radius 3 is 2.50 bits per heavy atom. The Morgan fingerprint density at radius 1 is 1.33 bits per heavy atom. The van der Waals surface area contributed by atoms with Gasteiger partial charge in [0.2, 0.25) is 5.91 Å². The Kier molecular flexibility index (Phi) is 7.75. The molecule has 18 heavy (non-hydrogen) atoms. The Morgan fingerprint density at radius 2 is 1.94 bits per heavy atom. The van der Waals surface area contributed by atoms with Crippen LogP contribution < -0.4 is 10.6 Å². The number of amides is 1. The molecule has 0 bridgehead atoms. The molecule has 1 rings (SSSR count). The minimum absolute atomic E-state index is 0.206. The van der Waals surface area contributed by atoms with Crippen LogP contribution in [0.1, 0.15) is 46.5 Å². The smallest absolute Gasteiger partial charge is 0.230 e. The summed E-state index contributed by atoms with van der Waals surface area (Å²) < 4.78 is 0. The van der Waals surface area contributed by atoms with Crippen LogP contribution in [0, 0.1) is 5.92 Å². The molecule has 0 aromatic carbocycles. The second kappa shape index (κ2) is 8.81. The number of nitrogens with one attached hydrogen (secondary N) is 2. The molecule has 0 aliphatic carbocycles. The highest BCUT2D eigenvalue weighted by molar-refractivity contribution is 8.00. The Bertz CT molecular complexity index is 238. The number of hydrogen-bond donors (Lipinski definition) is 2.